The average molecular weight is 195 g/mol. The van der Waals surface area contributed by atoms with E-state index < -0.39 is 0 Å². The molecule has 0 saturated carbocycles. The van der Waals surface area contributed by atoms with Crippen LogP contribution in [-0.4, -0.2) is 36.9 Å². The predicted octanol–water partition coefficient (Wildman–Crippen LogP) is 1.62. The van der Waals surface area contributed by atoms with Gasteiger partial charge in [-0.2, -0.15) is 0 Å². The first-order chi connectivity index (χ1) is 6.84. The van der Waals surface area contributed by atoms with Gasteiger partial charge in [-0.05, 0) is 12.5 Å². The van der Waals surface area contributed by atoms with Gasteiger partial charge in [0, 0.05) is 26.2 Å². The van der Waals surface area contributed by atoms with E-state index in [2.05, 4.69) is 23.2 Å². The molecule has 1 heterocycles. The summed E-state index contributed by atoms with van der Waals surface area (Å²) < 4.78 is 0. The summed E-state index contributed by atoms with van der Waals surface area (Å²) in [5.74, 6) is 0.669. The second-order valence-electron chi connectivity index (χ2n) is 3.67. The fourth-order valence-corrected chi connectivity index (χ4v) is 1.53. The van der Waals surface area contributed by atoms with Crippen LogP contribution in [0.15, 0.2) is 12.2 Å². The van der Waals surface area contributed by atoms with Gasteiger partial charge in [0.15, 0.2) is 0 Å². The highest BCUT2D eigenvalue weighted by Gasteiger charge is 2.09. The van der Waals surface area contributed by atoms with Crippen LogP contribution in [-0.2, 0) is 0 Å². The summed E-state index contributed by atoms with van der Waals surface area (Å²) in [5, 5.41) is 11.1. The maximum absolute atomic E-state index is 7.83. The van der Waals surface area contributed by atoms with Crippen LogP contribution in [0.1, 0.15) is 26.2 Å². The molecule has 0 radical (unpaired) electrons. The van der Waals surface area contributed by atoms with Gasteiger partial charge >= 0.3 is 0 Å². The third kappa shape index (κ3) is 3.92. The van der Waals surface area contributed by atoms with Gasteiger partial charge < -0.3 is 10.2 Å². The number of hydrogen-bond acceptors (Lipinski definition) is 2. The van der Waals surface area contributed by atoms with Gasteiger partial charge in [0.25, 0.3) is 0 Å². The molecule has 0 atom stereocenters. The number of rotatable bonds is 4. The van der Waals surface area contributed by atoms with E-state index in [0.717, 1.165) is 32.6 Å². The molecule has 0 aromatic carbocycles. The third-order valence-electron chi connectivity index (χ3n) is 2.46. The van der Waals surface area contributed by atoms with E-state index in [1.165, 1.54) is 12.8 Å². The van der Waals surface area contributed by atoms with Gasteiger partial charge in [-0.3, -0.25) is 5.41 Å². The standard InChI is InChI=1S/C11H21N3/c1-2-3-4-5-6-11(12)14-9-7-13-8-10-14/h5-6,12-13H,2-4,7-10H2,1H3/b6-5-,12-11?. The van der Waals surface area contributed by atoms with Crippen LogP contribution in [0.4, 0.5) is 0 Å². The Hall–Kier alpha value is -0.830. The molecule has 0 aliphatic carbocycles. The maximum Gasteiger partial charge on any atom is 0.120 e. The van der Waals surface area contributed by atoms with Crippen molar-refractivity contribution in [2.75, 3.05) is 26.2 Å². The number of nitrogens with zero attached hydrogens (tertiary/aromatic N) is 1. The average Bonchev–Trinajstić information content (AvgIpc) is 2.25. The van der Waals surface area contributed by atoms with Gasteiger partial charge in [0.05, 0.1) is 0 Å². The summed E-state index contributed by atoms with van der Waals surface area (Å²) in [4.78, 5) is 2.12. The molecule has 0 spiro atoms. The van der Waals surface area contributed by atoms with Crippen molar-refractivity contribution in [2.24, 2.45) is 0 Å². The molecule has 2 N–H and O–H groups in total. The van der Waals surface area contributed by atoms with Crippen LogP contribution in [0.2, 0.25) is 0 Å². The molecule has 3 heteroatoms. The highest BCUT2D eigenvalue weighted by molar-refractivity contribution is 5.90. The Balaban J connectivity index is 2.22. The van der Waals surface area contributed by atoms with Crippen LogP contribution < -0.4 is 5.32 Å². The van der Waals surface area contributed by atoms with E-state index in [1.807, 2.05) is 6.08 Å². The van der Waals surface area contributed by atoms with E-state index in [4.69, 9.17) is 5.41 Å². The molecule has 1 saturated heterocycles. The van der Waals surface area contributed by atoms with Crippen molar-refractivity contribution in [1.29, 1.82) is 5.41 Å². The number of piperazine rings is 1. The first-order valence-electron chi connectivity index (χ1n) is 5.55. The molecule has 1 fully saturated rings. The minimum Gasteiger partial charge on any atom is -0.355 e. The van der Waals surface area contributed by atoms with Crippen LogP contribution in [0, 0.1) is 5.41 Å². The first kappa shape index (κ1) is 11.2. The lowest BCUT2D eigenvalue weighted by Crippen LogP contribution is -2.45. The van der Waals surface area contributed by atoms with Crippen LogP contribution in [0.5, 0.6) is 0 Å². The maximum atomic E-state index is 7.83. The Morgan fingerprint density at radius 1 is 1.43 bits per heavy atom. The minimum atomic E-state index is 0.669. The van der Waals surface area contributed by atoms with Crippen molar-refractivity contribution in [3.8, 4) is 0 Å². The molecule has 0 aromatic heterocycles. The van der Waals surface area contributed by atoms with Crippen molar-refractivity contribution >= 4 is 5.84 Å². The van der Waals surface area contributed by atoms with Gasteiger partial charge in [0.2, 0.25) is 0 Å². The van der Waals surface area contributed by atoms with Gasteiger partial charge in [0.1, 0.15) is 5.84 Å². The lowest BCUT2D eigenvalue weighted by molar-refractivity contribution is 0.357. The number of unbranched alkanes of at least 4 members (excludes halogenated alkanes) is 2. The zero-order valence-electron chi connectivity index (χ0n) is 9.05. The Morgan fingerprint density at radius 2 is 2.14 bits per heavy atom. The summed E-state index contributed by atoms with van der Waals surface area (Å²) in [6, 6.07) is 0. The van der Waals surface area contributed by atoms with E-state index in [-0.39, 0.29) is 0 Å². The zero-order valence-corrected chi connectivity index (χ0v) is 9.05. The van der Waals surface area contributed by atoms with E-state index in [9.17, 15) is 0 Å². The summed E-state index contributed by atoms with van der Waals surface area (Å²) in [7, 11) is 0. The van der Waals surface area contributed by atoms with Crippen molar-refractivity contribution in [1.82, 2.24) is 10.2 Å². The largest absolute Gasteiger partial charge is 0.355 e. The number of allylic oxidation sites excluding steroid dienone is 1. The molecular weight excluding hydrogens is 174 g/mol. The lowest BCUT2D eigenvalue weighted by Gasteiger charge is -2.28. The molecule has 0 aromatic rings. The Labute approximate surface area is 86.7 Å². The van der Waals surface area contributed by atoms with Crippen LogP contribution >= 0.6 is 0 Å². The van der Waals surface area contributed by atoms with E-state index in [0.29, 0.717) is 5.84 Å². The monoisotopic (exact) mass is 195 g/mol. The molecule has 0 amide bonds. The molecular formula is C11H21N3. The Morgan fingerprint density at radius 3 is 2.79 bits per heavy atom. The highest BCUT2D eigenvalue weighted by Crippen LogP contribution is 1.98. The second-order valence-corrected chi connectivity index (χ2v) is 3.67. The summed E-state index contributed by atoms with van der Waals surface area (Å²) >= 11 is 0. The van der Waals surface area contributed by atoms with Crippen molar-refractivity contribution < 1.29 is 0 Å². The molecule has 0 unspecified atom stereocenters. The number of hydrogen-bond donors (Lipinski definition) is 2. The molecule has 3 nitrogen and oxygen atoms in total. The molecule has 80 valence electrons. The molecule has 1 rings (SSSR count). The molecule has 0 bridgehead atoms. The fraction of sp³-hybridized carbons (Fsp3) is 0.727. The van der Waals surface area contributed by atoms with Gasteiger partial charge in [-0.1, -0.05) is 25.8 Å². The highest BCUT2D eigenvalue weighted by atomic mass is 15.2. The molecule has 14 heavy (non-hydrogen) atoms. The summed E-state index contributed by atoms with van der Waals surface area (Å²) in [6.07, 6.45) is 7.62. The Kier molecular flexibility index (Phi) is 5.30. The lowest BCUT2D eigenvalue weighted by atomic mass is 10.2. The fourth-order valence-electron chi connectivity index (χ4n) is 1.53. The number of amidine groups is 1. The quantitative estimate of drug-likeness (QED) is 0.406. The van der Waals surface area contributed by atoms with Crippen LogP contribution in [0.3, 0.4) is 0 Å². The summed E-state index contributed by atoms with van der Waals surface area (Å²) in [6.45, 7) is 6.14. The van der Waals surface area contributed by atoms with Gasteiger partial charge in [-0.25, -0.2) is 0 Å². The summed E-state index contributed by atoms with van der Waals surface area (Å²) in [5.41, 5.74) is 0. The predicted molar refractivity (Wildman–Crippen MR) is 60.8 cm³/mol. The van der Waals surface area contributed by atoms with Crippen LogP contribution in [0.25, 0.3) is 0 Å². The van der Waals surface area contributed by atoms with Crippen molar-refractivity contribution in [3.05, 3.63) is 12.2 Å². The van der Waals surface area contributed by atoms with Crippen molar-refractivity contribution in [3.63, 3.8) is 0 Å². The van der Waals surface area contributed by atoms with Gasteiger partial charge in [-0.15, -0.1) is 0 Å². The normalized spacial score (nSPS) is 17.6. The minimum absolute atomic E-state index is 0.669. The molecule has 1 aliphatic rings. The Bertz CT molecular complexity index is 193. The topological polar surface area (TPSA) is 39.1 Å². The molecule has 1 aliphatic heterocycles. The first-order valence-corrected chi connectivity index (χ1v) is 5.55. The zero-order chi connectivity index (χ0) is 10.2. The van der Waals surface area contributed by atoms with Crippen molar-refractivity contribution in [2.45, 2.75) is 26.2 Å². The van der Waals surface area contributed by atoms with E-state index in [1.54, 1.807) is 0 Å². The SMILES string of the molecule is CCCC/C=C\C(=N)N1CCNCC1. The smallest absolute Gasteiger partial charge is 0.120 e. The van der Waals surface area contributed by atoms with E-state index >= 15 is 0 Å². The number of nitrogens with one attached hydrogen (secondary N) is 2. The third-order valence-corrected chi connectivity index (χ3v) is 2.46. The second kappa shape index (κ2) is 6.60.